The summed E-state index contributed by atoms with van der Waals surface area (Å²) in [6.45, 7) is 5.67. The first-order valence-electron chi connectivity index (χ1n) is 14.5. The molecule has 0 aromatic heterocycles. The summed E-state index contributed by atoms with van der Waals surface area (Å²) in [6.07, 6.45) is 1.63. The number of carboxylic acid groups (broad SMARTS) is 1. The Balaban J connectivity index is 1.35. The lowest BCUT2D eigenvalue weighted by Crippen LogP contribution is -2.38. The van der Waals surface area contributed by atoms with Crippen molar-refractivity contribution in [1.29, 1.82) is 0 Å². The minimum Gasteiger partial charge on any atom is -0.491 e. The first kappa shape index (κ1) is 33.2. The summed E-state index contributed by atoms with van der Waals surface area (Å²) in [5, 5.41) is 11.7. The number of thioether (sulfide) groups is 1. The van der Waals surface area contributed by atoms with Crippen molar-refractivity contribution in [2.75, 3.05) is 51.3 Å². The van der Waals surface area contributed by atoms with E-state index in [9.17, 15) is 23.2 Å². The number of halogens is 2. The van der Waals surface area contributed by atoms with Crippen LogP contribution in [-0.4, -0.2) is 83.0 Å². The van der Waals surface area contributed by atoms with Crippen molar-refractivity contribution in [3.8, 4) is 16.9 Å². The number of hydrogen-bond acceptors (Lipinski definition) is 8. The molecule has 0 aliphatic carbocycles. The maximum atomic E-state index is 14.3. The van der Waals surface area contributed by atoms with E-state index in [4.69, 9.17) is 26.8 Å². The third-order valence-electron chi connectivity index (χ3n) is 7.39. The molecule has 2 amide bonds. The molecular weight excluding hydrogens is 637 g/mol. The van der Waals surface area contributed by atoms with Crippen molar-refractivity contribution in [1.82, 2.24) is 9.80 Å². The van der Waals surface area contributed by atoms with Crippen LogP contribution < -0.4 is 10.1 Å². The third-order valence-corrected chi connectivity index (χ3v) is 8.77. The summed E-state index contributed by atoms with van der Waals surface area (Å²) in [4.78, 5) is 41.0. The van der Waals surface area contributed by atoms with E-state index in [0.717, 1.165) is 42.5 Å². The zero-order chi connectivity index (χ0) is 32.8. The summed E-state index contributed by atoms with van der Waals surface area (Å²) in [6, 6.07) is 13.1. The van der Waals surface area contributed by atoms with Gasteiger partial charge in [0.25, 0.3) is 5.91 Å². The highest BCUT2D eigenvalue weighted by molar-refractivity contribution is 8.26. The molecule has 2 fully saturated rings. The van der Waals surface area contributed by atoms with E-state index >= 15 is 0 Å². The number of nitrogens with one attached hydrogen (secondary N) is 1. The van der Waals surface area contributed by atoms with Gasteiger partial charge in [-0.15, -0.1) is 0 Å². The quantitative estimate of drug-likeness (QED) is 0.200. The van der Waals surface area contributed by atoms with E-state index in [2.05, 4.69) is 10.2 Å². The molecule has 0 radical (unpaired) electrons. The number of amides is 2. The molecule has 5 rings (SSSR count). The number of ether oxygens (including phenoxy) is 2. The fourth-order valence-electron chi connectivity index (χ4n) is 5.02. The van der Waals surface area contributed by atoms with Gasteiger partial charge in [0.05, 0.1) is 23.7 Å². The number of carbonyl (C=O) groups excluding carboxylic acids is 2. The molecule has 2 aliphatic heterocycles. The number of aromatic carboxylic acids is 1. The number of carbonyl (C=O) groups is 3. The molecule has 0 unspecified atom stereocenters. The Hall–Kier alpha value is -4.17. The minimum absolute atomic E-state index is 0.0396. The number of hydrogen-bond donors (Lipinski definition) is 2. The second-order valence-electron chi connectivity index (χ2n) is 10.7. The minimum atomic E-state index is -1.07. The predicted molar refractivity (Wildman–Crippen MR) is 176 cm³/mol. The summed E-state index contributed by atoms with van der Waals surface area (Å²) in [5.41, 5.74) is 2.89. The molecule has 3 aromatic carbocycles. The van der Waals surface area contributed by atoms with E-state index in [1.165, 1.54) is 35.2 Å². The highest BCUT2D eigenvalue weighted by Gasteiger charge is 2.32. The van der Waals surface area contributed by atoms with Gasteiger partial charge in [0, 0.05) is 49.4 Å². The standard InChI is InChI=1S/C33H31F2N3O6S2/c1-20-16-23(30(44-15-12-37-10-13-43-14-11-37)25(17-20)22-4-7-26(34)27(35)18-22)19-28-31(40)38(33(45)46-28)9-8-29(39)36-24-5-2-21(3-6-24)32(41)42/h2-7,16-19H,8-15H2,1H3,(H,36,39)(H,41,42). The zero-order valence-corrected chi connectivity index (χ0v) is 26.5. The predicted octanol–water partition coefficient (Wildman–Crippen LogP) is 5.58. The van der Waals surface area contributed by atoms with E-state index < -0.39 is 17.6 Å². The number of nitrogens with zero attached hydrogens (tertiary/aromatic N) is 2. The Bertz CT molecular complexity index is 1690. The average molecular weight is 668 g/mol. The van der Waals surface area contributed by atoms with Gasteiger partial charge in [-0.2, -0.15) is 0 Å². The normalized spacial score (nSPS) is 16.2. The maximum Gasteiger partial charge on any atom is 0.335 e. The largest absolute Gasteiger partial charge is 0.491 e. The first-order chi connectivity index (χ1) is 22.1. The van der Waals surface area contributed by atoms with E-state index in [-0.39, 0.29) is 34.7 Å². The highest BCUT2D eigenvalue weighted by atomic mass is 32.2. The number of benzene rings is 3. The Morgan fingerprint density at radius 1 is 1.07 bits per heavy atom. The van der Waals surface area contributed by atoms with Crippen LogP contribution in [0, 0.1) is 18.6 Å². The topological polar surface area (TPSA) is 108 Å². The SMILES string of the molecule is Cc1cc(C=C2SC(=S)N(CCC(=O)Nc3ccc(C(=O)O)cc3)C2=O)c(OCCN2CCOCC2)c(-c2ccc(F)c(F)c2)c1. The molecule has 3 aromatic rings. The van der Waals surface area contributed by atoms with Crippen LogP contribution >= 0.6 is 24.0 Å². The Kier molecular flexibility index (Phi) is 10.8. The molecule has 0 saturated carbocycles. The van der Waals surface area contributed by atoms with Crippen molar-refractivity contribution >= 4 is 57.8 Å². The van der Waals surface area contributed by atoms with Gasteiger partial charge >= 0.3 is 5.97 Å². The molecule has 0 spiro atoms. The first-order valence-corrected chi connectivity index (χ1v) is 15.7. The fourth-order valence-corrected chi connectivity index (χ4v) is 6.32. The van der Waals surface area contributed by atoms with Crippen molar-refractivity contribution < 1.29 is 37.7 Å². The molecule has 2 heterocycles. The monoisotopic (exact) mass is 667 g/mol. The molecule has 46 heavy (non-hydrogen) atoms. The van der Waals surface area contributed by atoms with Gasteiger partial charge in [0.15, 0.2) is 11.6 Å². The van der Waals surface area contributed by atoms with Crippen molar-refractivity contribution in [2.24, 2.45) is 0 Å². The van der Waals surface area contributed by atoms with Crippen LogP contribution in [0.3, 0.4) is 0 Å². The second-order valence-corrected chi connectivity index (χ2v) is 12.4. The van der Waals surface area contributed by atoms with Crippen LogP contribution in [-0.2, 0) is 14.3 Å². The molecule has 0 atom stereocenters. The van der Waals surface area contributed by atoms with Gasteiger partial charge in [-0.05, 0) is 72.7 Å². The van der Waals surface area contributed by atoms with Crippen molar-refractivity contribution in [2.45, 2.75) is 13.3 Å². The lowest BCUT2D eigenvalue weighted by Gasteiger charge is -2.26. The lowest BCUT2D eigenvalue weighted by molar-refractivity contribution is -0.122. The Morgan fingerprint density at radius 2 is 1.80 bits per heavy atom. The number of anilines is 1. The fraction of sp³-hybridized carbons (Fsp3) is 0.273. The average Bonchev–Trinajstić information content (AvgIpc) is 3.30. The number of rotatable bonds is 11. The van der Waals surface area contributed by atoms with Gasteiger partial charge in [0.2, 0.25) is 5.91 Å². The van der Waals surface area contributed by atoms with Crippen molar-refractivity contribution in [3.05, 3.63) is 87.8 Å². The van der Waals surface area contributed by atoms with Crippen LogP contribution in [0.2, 0.25) is 0 Å². The molecule has 13 heteroatoms. The smallest absolute Gasteiger partial charge is 0.335 e. The summed E-state index contributed by atoms with van der Waals surface area (Å²) >= 11 is 6.57. The Morgan fingerprint density at radius 3 is 2.50 bits per heavy atom. The lowest BCUT2D eigenvalue weighted by atomic mass is 9.98. The number of carboxylic acids is 1. The van der Waals surface area contributed by atoms with Crippen LogP contribution in [0.1, 0.15) is 27.9 Å². The molecular formula is C33H31F2N3O6S2. The molecule has 2 N–H and O–H groups in total. The van der Waals surface area contributed by atoms with E-state index in [0.29, 0.717) is 59.4 Å². The van der Waals surface area contributed by atoms with Crippen LogP contribution in [0.25, 0.3) is 17.2 Å². The van der Waals surface area contributed by atoms with Gasteiger partial charge in [0.1, 0.15) is 16.7 Å². The van der Waals surface area contributed by atoms with E-state index in [1.807, 2.05) is 19.1 Å². The molecule has 0 bridgehead atoms. The third kappa shape index (κ3) is 8.15. The maximum absolute atomic E-state index is 14.3. The Labute approximate surface area is 274 Å². The molecule has 240 valence electrons. The summed E-state index contributed by atoms with van der Waals surface area (Å²) in [7, 11) is 0. The van der Waals surface area contributed by atoms with Crippen LogP contribution in [0.5, 0.6) is 5.75 Å². The molecule has 2 aliphatic rings. The second kappa shape index (κ2) is 14.9. The van der Waals surface area contributed by atoms with Gasteiger partial charge in [-0.3, -0.25) is 19.4 Å². The van der Waals surface area contributed by atoms with Crippen LogP contribution in [0.4, 0.5) is 14.5 Å². The van der Waals surface area contributed by atoms with Crippen LogP contribution in [0.15, 0.2) is 59.5 Å². The summed E-state index contributed by atoms with van der Waals surface area (Å²) in [5.74, 6) is -3.33. The molecule has 2 saturated heterocycles. The zero-order valence-electron chi connectivity index (χ0n) is 24.9. The van der Waals surface area contributed by atoms with Gasteiger partial charge in [-0.25, -0.2) is 13.6 Å². The highest BCUT2D eigenvalue weighted by Crippen LogP contribution is 2.39. The number of morpholine rings is 1. The number of aryl methyl sites for hydroxylation is 1. The van der Waals surface area contributed by atoms with E-state index in [1.54, 1.807) is 6.08 Å². The summed E-state index contributed by atoms with van der Waals surface area (Å²) < 4.78 is 40.1. The number of thiocarbonyl (C=S) groups is 1. The molecule has 9 nitrogen and oxygen atoms in total. The van der Waals surface area contributed by atoms with Crippen molar-refractivity contribution in [3.63, 3.8) is 0 Å². The van der Waals surface area contributed by atoms with Gasteiger partial charge < -0.3 is 19.9 Å². The van der Waals surface area contributed by atoms with Gasteiger partial charge in [-0.1, -0.05) is 30.0 Å².